The van der Waals surface area contributed by atoms with Crippen LogP contribution in [0.5, 0.6) is 0 Å². The van der Waals surface area contributed by atoms with Gasteiger partial charge in [0.05, 0.1) is 0 Å². The zero-order valence-electron chi connectivity index (χ0n) is 9.71. The standard InChI is InChI=1S/C10H16N2.C2H6/c1-9-4-5-10(11-8-9)12-6-2-3-7-12;1-2/h8H,2-7H2,1H3;1-2H3. The summed E-state index contributed by atoms with van der Waals surface area (Å²) in [6.45, 7) is 8.61. The lowest BCUT2D eigenvalue weighted by molar-refractivity contribution is 0.503. The Bertz CT molecular complexity index is 222. The van der Waals surface area contributed by atoms with E-state index in [2.05, 4.69) is 16.8 Å². The molecule has 2 heteroatoms. The predicted molar refractivity (Wildman–Crippen MR) is 62.6 cm³/mol. The molecule has 1 fully saturated rings. The molecule has 0 unspecified atom stereocenters. The van der Waals surface area contributed by atoms with Crippen LogP contribution in [0.4, 0.5) is 0 Å². The molecule has 0 radical (unpaired) electrons. The van der Waals surface area contributed by atoms with Crippen LogP contribution in [0.25, 0.3) is 0 Å². The van der Waals surface area contributed by atoms with Gasteiger partial charge in [-0.15, -0.1) is 0 Å². The van der Waals surface area contributed by atoms with E-state index < -0.39 is 0 Å². The molecule has 2 aliphatic rings. The molecule has 0 saturated carbocycles. The van der Waals surface area contributed by atoms with Gasteiger partial charge >= 0.3 is 0 Å². The van der Waals surface area contributed by atoms with Gasteiger partial charge in [0.15, 0.2) is 0 Å². The van der Waals surface area contributed by atoms with Gasteiger partial charge in [-0.2, -0.15) is 0 Å². The monoisotopic (exact) mass is 194 g/mol. The highest BCUT2D eigenvalue weighted by Gasteiger charge is 2.16. The van der Waals surface area contributed by atoms with Crippen LogP contribution in [0.1, 0.15) is 46.5 Å². The molecule has 0 aliphatic carbocycles. The molecule has 80 valence electrons. The third-order valence-electron chi connectivity index (χ3n) is 2.65. The number of rotatable bonds is 0. The van der Waals surface area contributed by atoms with E-state index in [0.717, 1.165) is 6.42 Å². The summed E-state index contributed by atoms with van der Waals surface area (Å²) < 4.78 is 0. The minimum atomic E-state index is 1.16. The topological polar surface area (TPSA) is 15.6 Å². The van der Waals surface area contributed by atoms with Gasteiger partial charge in [-0.1, -0.05) is 19.4 Å². The maximum Gasteiger partial charge on any atom is 0.104 e. The van der Waals surface area contributed by atoms with Crippen LogP contribution in [0.3, 0.4) is 0 Å². The molecule has 0 amide bonds. The molecule has 14 heavy (non-hydrogen) atoms. The maximum absolute atomic E-state index is 4.47. The van der Waals surface area contributed by atoms with Crippen LogP contribution in [0.2, 0.25) is 0 Å². The number of hydrogen-bond donors (Lipinski definition) is 0. The van der Waals surface area contributed by atoms with Crippen LogP contribution in [-0.4, -0.2) is 23.8 Å². The summed E-state index contributed by atoms with van der Waals surface area (Å²) in [7, 11) is 0. The number of nitrogens with zero attached hydrogens (tertiary/aromatic N) is 2. The molecular formula is C12H22N2. The number of allylic oxidation sites excluding steroid dienone is 1. The van der Waals surface area contributed by atoms with Gasteiger partial charge in [-0.25, -0.2) is 4.99 Å². The third-order valence-corrected chi connectivity index (χ3v) is 2.65. The quantitative estimate of drug-likeness (QED) is 0.578. The predicted octanol–water partition coefficient (Wildman–Crippen LogP) is 3.20. The number of likely N-dealkylation sites (tertiary alicyclic amines) is 1. The average molecular weight is 194 g/mol. The molecule has 1 saturated heterocycles. The minimum absolute atomic E-state index is 1.16. The zero-order chi connectivity index (χ0) is 10.4. The first-order valence-corrected chi connectivity index (χ1v) is 5.83. The number of amidine groups is 1. The highest BCUT2D eigenvalue weighted by atomic mass is 15.2. The summed E-state index contributed by atoms with van der Waals surface area (Å²) in [6, 6.07) is 0. The molecule has 0 N–H and O–H groups in total. The van der Waals surface area contributed by atoms with E-state index >= 15 is 0 Å². The fraction of sp³-hybridized carbons (Fsp3) is 0.750. The molecule has 2 nitrogen and oxygen atoms in total. The Morgan fingerprint density at radius 2 is 1.79 bits per heavy atom. The molecule has 2 aliphatic heterocycles. The van der Waals surface area contributed by atoms with Crippen molar-refractivity contribution >= 4 is 5.84 Å². The van der Waals surface area contributed by atoms with Crippen molar-refractivity contribution in [2.45, 2.75) is 46.5 Å². The Balaban J connectivity index is 0.000000461. The minimum Gasteiger partial charge on any atom is -0.360 e. The average Bonchev–Trinajstić information content (AvgIpc) is 2.75. The van der Waals surface area contributed by atoms with Crippen LogP contribution in [0, 0.1) is 0 Å². The molecule has 0 bridgehead atoms. The molecule has 0 spiro atoms. The lowest BCUT2D eigenvalue weighted by Crippen LogP contribution is -2.28. The van der Waals surface area contributed by atoms with E-state index in [1.807, 2.05) is 20.0 Å². The normalized spacial score (nSPS) is 20.9. The first kappa shape index (κ1) is 11.3. The van der Waals surface area contributed by atoms with Gasteiger partial charge < -0.3 is 4.90 Å². The Morgan fingerprint density at radius 3 is 2.29 bits per heavy atom. The summed E-state index contributed by atoms with van der Waals surface area (Å²) in [5.41, 5.74) is 1.41. The van der Waals surface area contributed by atoms with Gasteiger partial charge in [-0.05, 0) is 26.2 Å². The SMILES string of the molecule is CC.CC1=CN=C(N2CCCC2)CC1. The smallest absolute Gasteiger partial charge is 0.104 e. The van der Waals surface area contributed by atoms with Crippen molar-refractivity contribution in [2.75, 3.05) is 13.1 Å². The van der Waals surface area contributed by atoms with Crippen LogP contribution >= 0.6 is 0 Å². The second kappa shape index (κ2) is 5.84. The number of aliphatic imine (C=N–C) groups is 1. The highest BCUT2D eigenvalue weighted by molar-refractivity contribution is 5.84. The van der Waals surface area contributed by atoms with Gasteiger partial charge in [0.1, 0.15) is 5.84 Å². The maximum atomic E-state index is 4.47. The van der Waals surface area contributed by atoms with Gasteiger partial charge in [0, 0.05) is 25.7 Å². The van der Waals surface area contributed by atoms with Crippen molar-refractivity contribution in [3.05, 3.63) is 11.8 Å². The van der Waals surface area contributed by atoms with Crippen LogP contribution < -0.4 is 0 Å². The fourth-order valence-electron chi connectivity index (χ4n) is 1.84. The van der Waals surface area contributed by atoms with Gasteiger partial charge in [0.2, 0.25) is 0 Å². The lowest BCUT2D eigenvalue weighted by Gasteiger charge is -2.21. The van der Waals surface area contributed by atoms with E-state index in [-0.39, 0.29) is 0 Å². The lowest BCUT2D eigenvalue weighted by atomic mass is 10.1. The first-order valence-electron chi connectivity index (χ1n) is 5.83. The summed E-state index contributed by atoms with van der Waals surface area (Å²) in [6.07, 6.45) is 7.08. The molecule has 2 rings (SSSR count). The van der Waals surface area contributed by atoms with Crippen molar-refractivity contribution in [3.63, 3.8) is 0 Å². The summed E-state index contributed by atoms with van der Waals surface area (Å²) in [5, 5.41) is 0. The van der Waals surface area contributed by atoms with Gasteiger partial charge in [-0.3, -0.25) is 0 Å². The molecule has 0 atom stereocenters. The van der Waals surface area contributed by atoms with Crippen molar-refractivity contribution in [2.24, 2.45) is 4.99 Å². The van der Waals surface area contributed by atoms with Crippen molar-refractivity contribution in [1.82, 2.24) is 4.90 Å². The summed E-state index contributed by atoms with van der Waals surface area (Å²) in [4.78, 5) is 6.91. The molecule has 0 aromatic rings. The van der Waals surface area contributed by atoms with E-state index in [1.54, 1.807) is 0 Å². The van der Waals surface area contributed by atoms with Crippen molar-refractivity contribution in [1.29, 1.82) is 0 Å². The van der Waals surface area contributed by atoms with E-state index in [0.29, 0.717) is 0 Å². The van der Waals surface area contributed by atoms with Gasteiger partial charge in [0.25, 0.3) is 0 Å². The molecule has 0 aromatic heterocycles. The Hall–Kier alpha value is -0.790. The largest absolute Gasteiger partial charge is 0.360 e. The van der Waals surface area contributed by atoms with Crippen molar-refractivity contribution < 1.29 is 0 Å². The van der Waals surface area contributed by atoms with Crippen LogP contribution in [0.15, 0.2) is 16.8 Å². The second-order valence-corrected chi connectivity index (χ2v) is 3.71. The highest BCUT2D eigenvalue weighted by Crippen LogP contribution is 2.17. The van der Waals surface area contributed by atoms with Crippen molar-refractivity contribution in [3.8, 4) is 0 Å². The molecule has 0 aromatic carbocycles. The van der Waals surface area contributed by atoms with E-state index in [1.165, 1.54) is 43.8 Å². The second-order valence-electron chi connectivity index (χ2n) is 3.71. The summed E-state index contributed by atoms with van der Waals surface area (Å²) >= 11 is 0. The Morgan fingerprint density at radius 1 is 1.14 bits per heavy atom. The number of hydrogen-bond acceptors (Lipinski definition) is 2. The summed E-state index contributed by atoms with van der Waals surface area (Å²) in [5.74, 6) is 1.32. The Labute approximate surface area is 87.7 Å². The molecule has 2 heterocycles. The first-order chi connectivity index (χ1) is 6.86. The zero-order valence-corrected chi connectivity index (χ0v) is 9.71. The van der Waals surface area contributed by atoms with Crippen LogP contribution in [-0.2, 0) is 0 Å². The fourth-order valence-corrected chi connectivity index (χ4v) is 1.84. The molecular weight excluding hydrogens is 172 g/mol. The Kier molecular flexibility index (Phi) is 4.71. The van der Waals surface area contributed by atoms with E-state index in [9.17, 15) is 0 Å². The third kappa shape index (κ3) is 2.86. The van der Waals surface area contributed by atoms with E-state index in [4.69, 9.17) is 0 Å².